The van der Waals surface area contributed by atoms with Crippen molar-refractivity contribution in [3.63, 3.8) is 0 Å². The van der Waals surface area contributed by atoms with Crippen LogP contribution in [0.1, 0.15) is 33.2 Å². The molecular formula is C26H26F5N5O4S. The van der Waals surface area contributed by atoms with Gasteiger partial charge in [-0.1, -0.05) is 12.1 Å². The Kier molecular flexibility index (Phi) is 8.23. The standard InChI is InChI=1S/C26H26F5N5O4S/c1-34(2)24(38)18-12-32-25(33-23(18)26(29,30)31)36-9-8-35(13-21(36)15-4-6-16(27)7-5-15)17-10-20(28)19(14-37)22(11-17)41(3,39)40/h4-7,10-12,21,37H,8-9,13-14H2,1-3H3/t21-/m0/s1. The number of benzene rings is 2. The largest absolute Gasteiger partial charge is 0.434 e. The summed E-state index contributed by atoms with van der Waals surface area (Å²) in [5.74, 6) is -2.75. The predicted molar refractivity (Wildman–Crippen MR) is 139 cm³/mol. The molecule has 220 valence electrons. The van der Waals surface area contributed by atoms with Crippen molar-refractivity contribution in [2.75, 3.05) is 49.8 Å². The number of nitrogens with zero attached hydrogens (tertiary/aromatic N) is 5. The molecule has 1 aliphatic rings. The molecule has 1 aliphatic heterocycles. The van der Waals surface area contributed by atoms with E-state index in [2.05, 4.69) is 9.97 Å². The minimum absolute atomic E-state index is 0.00209. The van der Waals surface area contributed by atoms with Gasteiger partial charge < -0.3 is 19.8 Å². The first kappa shape index (κ1) is 30.1. The highest BCUT2D eigenvalue weighted by Gasteiger charge is 2.40. The molecule has 1 N–H and O–H groups in total. The van der Waals surface area contributed by atoms with Gasteiger partial charge in [-0.25, -0.2) is 27.2 Å². The Morgan fingerprint density at radius 3 is 2.34 bits per heavy atom. The number of rotatable bonds is 6. The number of carbonyl (C=O) groups excluding carboxylic acids is 1. The lowest BCUT2D eigenvalue weighted by Crippen LogP contribution is -2.49. The van der Waals surface area contributed by atoms with E-state index in [4.69, 9.17) is 0 Å². The Bertz CT molecular complexity index is 1570. The fourth-order valence-electron chi connectivity index (χ4n) is 4.62. The lowest BCUT2D eigenvalue weighted by atomic mass is 10.0. The molecule has 4 rings (SSSR count). The van der Waals surface area contributed by atoms with Crippen LogP contribution in [0.25, 0.3) is 0 Å². The maximum absolute atomic E-state index is 14.9. The Morgan fingerprint density at radius 1 is 1.12 bits per heavy atom. The number of aromatic nitrogens is 2. The van der Waals surface area contributed by atoms with Crippen LogP contribution < -0.4 is 9.80 Å². The van der Waals surface area contributed by atoms with Gasteiger partial charge in [0.25, 0.3) is 5.91 Å². The zero-order valence-corrected chi connectivity index (χ0v) is 23.0. The molecule has 1 saturated heterocycles. The number of hydrogen-bond acceptors (Lipinski definition) is 8. The SMILES string of the molecule is CN(C)C(=O)c1cnc(N2CCN(c3cc(F)c(CO)c(S(C)(=O)=O)c3)C[C@H]2c2ccc(F)cc2)nc1C(F)(F)F. The molecule has 0 saturated carbocycles. The van der Waals surface area contributed by atoms with E-state index in [0.717, 1.165) is 23.4 Å². The van der Waals surface area contributed by atoms with Gasteiger partial charge in [-0.3, -0.25) is 4.79 Å². The second-order valence-corrected chi connectivity index (χ2v) is 11.7. The highest BCUT2D eigenvalue weighted by Crippen LogP contribution is 2.36. The topological polar surface area (TPSA) is 107 Å². The molecule has 0 radical (unpaired) electrons. The molecule has 0 spiro atoms. The van der Waals surface area contributed by atoms with E-state index >= 15 is 0 Å². The average molecular weight is 600 g/mol. The van der Waals surface area contributed by atoms with Gasteiger partial charge in [0.05, 0.1) is 23.1 Å². The van der Waals surface area contributed by atoms with Gasteiger partial charge in [0.15, 0.2) is 15.5 Å². The molecule has 0 aliphatic carbocycles. The summed E-state index contributed by atoms with van der Waals surface area (Å²) in [4.78, 5) is 23.8. The molecular weight excluding hydrogens is 573 g/mol. The number of aliphatic hydroxyl groups excluding tert-OH is 1. The molecule has 1 aromatic heterocycles. The molecule has 3 aromatic rings. The molecule has 2 aromatic carbocycles. The average Bonchev–Trinajstić information content (AvgIpc) is 2.91. The van der Waals surface area contributed by atoms with Crippen LogP contribution in [-0.4, -0.2) is 74.3 Å². The van der Waals surface area contributed by atoms with Crippen LogP contribution in [-0.2, 0) is 22.6 Å². The zero-order valence-electron chi connectivity index (χ0n) is 22.2. The van der Waals surface area contributed by atoms with Gasteiger partial charge in [-0.15, -0.1) is 0 Å². The van der Waals surface area contributed by atoms with Crippen molar-refractivity contribution in [1.29, 1.82) is 0 Å². The summed E-state index contributed by atoms with van der Waals surface area (Å²) < 4.78 is 95.1. The predicted octanol–water partition coefficient (Wildman–Crippen LogP) is 3.44. The van der Waals surface area contributed by atoms with E-state index in [1.165, 1.54) is 49.3 Å². The summed E-state index contributed by atoms with van der Waals surface area (Å²) in [6.07, 6.45) is -3.28. The Labute approximate surface area is 232 Å². The second kappa shape index (κ2) is 11.2. The van der Waals surface area contributed by atoms with E-state index in [9.17, 15) is 40.3 Å². The molecule has 2 heterocycles. The summed E-state index contributed by atoms with van der Waals surface area (Å²) in [6, 6.07) is 6.71. The van der Waals surface area contributed by atoms with Gasteiger partial charge in [0.1, 0.15) is 11.6 Å². The first-order valence-corrected chi connectivity index (χ1v) is 14.1. The number of sulfone groups is 1. The van der Waals surface area contributed by atoms with Crippen LogP contribution >= 0.6 is 0 Å². The Morgan fingerprint density at radius 2 is 1.78 bits per heavy atom. The summed E-state index contributed by atoms with van der Waals surface area (Å²) in [7, 11) is -1.33. The van der Waals surface area contributed by atoms with Gasteiger partial charge in [0, 0.05) is 57.4 Å². The molecule has 1 fully saturated rings. The number of halogens is 5. The fraction of sp³-hybridized carbons (Fsp3) is 0.346. The normalized spacial score (nSPS) is 16.2. The fourth-order valence-corrected chi connectivity index (χ4v) is 5.56. The number of aliphatic hydroxyl groups is 1. The minimum atomic E-state index is -4.97. The van der Waals surface area contributed by atoms with E-state index in [1.807, 2.05) is 0 Å². The summed E-state index contributed by atoms with van der Waals surface area (Å²) in [6.45, 7) is -0.763. The number of anilines is 2. The molecule has 0 bridgehead atoms. The number of carbonyl (C=O) groups is 1. The van der Waals surface area contributed by atoms with Crippen molar-refractivity contribution in [1.82, 2.24) is 14.9 Å². The van der Waals surface area contributed by atoms with Crippen LogP contribution in [0, 0.1) is 11.6 Å². The third-order valence-electron chi connectivity index (χ3n) is 6.64. The highest BCUT2D eigenvalue weighted by molar-refractivity contribution is 7.90. The molecule has 9 nitrogen and oxygen atoms in total. The zero-order chi connectivity index (χ0) is 30.3. The number of alkyl halides is 3. The Hall–Kier alpha value is -3.85. The summed E-state index contributed by atoms with van der Waals surface area (Å²) in [5, 5.41) is 9.53. The van der Waals surface area contributed by atoms with Crippen LogP contribution in [0.3, 0.4) is 0 Å². The van der Waals surface area contributed by atoms with Crippen LogP contribution in [0.2, 0.25) is 0 Å². The monoisotopic (exact) mass is 599 g/mol. The summed E-state index contributed by atoms with van der Waals surface area (Å²) in [5.41, 5.74) is -1.89. The van der Waals surface area contributed by atoms with Crippen molar-refractivity contribution in [3.8, 4) is 0 Å². The van der Waals surface area contributed by atoms with Crippen molar-refractivity contribution in [2.24, 2.45) is 0 Å². The number of amides is 1. The van der Waals surface area contributed by atoms with Crippen LogP contribution in [0.5, 0.6) is 0 Å². The molecule has 0 unspecified atom stereocenters. The molecule has 41 heavy (non-hydrogen) atoms. The maximum atomic E-state index is 14.9. The van der Waals surface area contributed by atoms with Gasteiger partial charge in [0.2, 0.25) is 5.95 Å². The van der Waals surface area contributed by atoms with Crippen LogP contribution in [0.4, 0.5) is 33.6 Å². The summed E-state index contributed by atoms with van der Waals surface area (Å²) >= 11 is 0. The van der Waals surface area contributed by atoms with Gasteiger partial charge in [-0.2, -0.15) is 13.2 Å². The minimum Gasteiger partial charge on any atom is -0.392 e. The quantitative estimate of drug-likeness (QED) is 0.430. The third kappa shape index (κ3) is 6.25. The first-order valence-electron chi connectivity index (χ1n) is 12.2. The van der Waals surface area contributed by atoms with Crippen molar-refractivity contribution >= 4 is 27.4 Å². The van der Waals surface area contributed by atoms with Gasteiger partial charge in [-0.05, 0) is 29.8 Å². The highest BCUT2D eigenvalue weighted by atomic mass is 32.2. The smallest absolute Gasteiger partial charge is 0.392 e. The molecule has 1 atom stereocenters. The van der Waals surface area contributed by atoms with E-state index < -0.39 is 62.4 Å². The maximum Gasteiger partial charge on any atom is 0.434 e. The molecule has 15 heteroatoms. The second-order valence-electron chi connectivity index (χ2n) is 9.67. The molecule has 1 amide bonds. The van der Waals surface area contributed by atoms with E-state index in [-0.39, 0.29) is 36.8 Å². The van der Waals surface area contributed by atoms with E-state index in [1.54, 1.807) is 4.90 Å². The number of piperazine rings is 1. The Balaban J connectivity index is 1.80. The van der Waals surface area contributed by atoms with Gasteiger partial charge >= 0.3 is 6.18 Å². The number of hydrogen-bond donors (Lipinski definition) is 1. The van der Waals surface area contributed by atoms with Crippen molar-refractivity contribution in [3.05, 3.63) is 76.6 Å². The van der Waals surface area contributed by atoms with Crippen molar-refractivity contribution < 1.29 is 40.3 Å². The lowest BCUT2D eigenvalue weighted by molar-refractivity contribution is -0.141. The third-order valence-corrected chi connectivity index (χ3v) is 7.80. The first-order chi connectivity index (χ1) is 19.1. The van der Waals surface area contributed by atoms with E-state index in [0.29, 0.717) is 5.56 Å². The van der Waals surface area contributed by atoms with Crippen LogP contribution in [0.15, 0.2) is 47.5 Å². The van der Waals surface area contributed by atoms with Crippen molar-refractivity contribution in [2.45, 2.75) is 23.7 Å². The lowest BCUT2D eigenvalue weighted by Gasteiger charge is -2.43.